The molecule has 1 saturated heterocycles. The minimum atomic E-state index is -0.341. The van der Waals surface area contributed by atoms with Gasteiger partial charge in [-0.3, -0.25) is 0 Å². The molecule has 5 heteroatoms. The van der Waals surface area contributed by atoms with Crippen LogP contribution in [0.4, 0.5) is 0 Å². The van der Waals surface area contributed by atoms with Crippen LogP contribution in [0.25, 0.3) is 0 Å². The summed E-state index contributed by atoms with van der Waals surface area (Å²) in [5.41, 5.74) is -0.341. The number of ether oxygens (including phenoxy) is 4. The van der Waals surface area contributed by atoms with Gasteiger partial charge in [0.05, 0.1) is 44.5 Å². The third kappa shape index (κ3) is 8.37. The number of hydrogen-bond acceptors (Lipinski definition) is 5. The molecule has 0 spiro atoms. The lowest BCUT2D eigenvalue weighted by atomic mass is 9.81. The third-order valence-electron chi connectivity index (χ3n) is 3.67. The summed E-state index contributed by atoms with van der Waals surface area (Å²) in [5, 5.41) is 9.28. The minimum Gasteiger partial charge on any atom is -0.380 e. The first-order valence-electron chi connectivity index (χ1n) is 8.05. The summed E-state index contributed by atoms with van der Waals surface area (Å²) < 4.78 is 21.8. The first-order valence-corrected chi connectivity index (χ1v) is 8.05. The lowest BCUT2D eigenvalue weighted by Crippen LogP contribution is -2.31. The van der Waals surface area contributed by atoms with E-state index in [0.717, 1.165) is 45.3 Å². The van der Waals surface area contributed by atoms with Gasteiger partial charge in [0.25, 0.3) is 0 Å². The van der Waals surface area contributed by atoms with Crippen LogP contribution in [-0.2, 0) is 18.9 Å². The van der Waals surface area contributed by atoms with Gasteiger partial charge < -0.3 is 18.9 Å². The lowest BCUT2D eigenvalue weighted by Gasteiger charge is -2.30. The normalized spacial score (nSPS) is 22.1. The molecule has 0 bridgehead atoms. The fourth-order valence-electron chi connectivity index (χ4n) is 2.25. The molecule has 1 unspecified atom stereocenters. The van der Waals surface area contributed by atoms with Gasteiger partial charge in [-0.2, -0.15) is 5.26 Å². The molecule has 0 radical (unpaired) electrons. The first kappa shape index (κ1) is 18.4. The molecular formula is C16H29NO4. The summed E-state index contributed by atoms with van der Waals surface area (Å²) in [6.45, 7) is 7.27. The van der Waals surface area contributed by atoms with E-state index in [9.17, 15) is 5.26 Å². The van der Waals surface area contributed by atoms with E-state index >= 15 is 0 Å². The van der Waals surface area contributed by atoms with E-state index in [1.165, 1.54) is 0 Å². The average molecular weight is 299 g/mol. The van der Waals surface area contributed by atoms with Gasteiger partial charge in [-0.25, -0.2) is 0 Å². The maximum atomic E-state index is 9.28. The summed E-state index contributed by atoms with van der Waals surface area (Å²) in [5.74, 6) is 0. The minimum absolute atomic E-state index is 0.341. The fourth-order valence-corrected chi connectivity index (χ4v) is 2.25. The van der Waals surface area contributed by atoms with E-state index in [0.29, 0.717) is 39.6 Å². The molecule has 1 rings (SSSR count). The van der Waals surface area contributed by atoms with Crippen molar-refractivity contribution in [3.63, 3.8) is 0 Å². The zero-order chi connectivity index (χ0) is 15.2. The molecule has 0 amide bonds. The van der Waals surface area contributed by atoms with E-state index in [2.05, 4.69) is 13.0 Å². The van der Waals surface area contributed by atoms with Crippen LogP contribution in [0.2, 0.25) is 0 Å². The van der Waals surface area contributed by atoms with E-state index in [1.807, 2.05) is 0 Å². The highest BCUT2D eigenvalue weighted by Gasteiger charge is 2.32. The van der Waals surface area contributed by atoms with Crippen molar-refractivity contribution in [2.24, 2.45) is 5.41 Å². The highest BCUT2D eigenvalue weighted by Crippen LogP contribution is 2.31. The molecule has 21 heavy (non-hydrogen) atoms. The average Bonchev–Trinajstić information content (AvgIpc) is 2.53. The van der Waals surface area contributed by atoms with Crippen molar-refractivity contribution in [1.82, 2.24) is 0 Å². The Balaban J connectivity index is 1.89. The molecule has 0 aromatic rings. The van der Waals surface area contributed by atoms with Crippen LogP contribution in [-0.4, -0.2) is 52.9 Å². The predicted octanol–water partition coefficient (Wildman–Crippen LogP) is 2.55. The largest absolute Gasteiger partial charge is 0.380 e. The summed E-state index contributed by atoms with van der Waals surface area (Å²) in [6, 6.07) is 2.40. The Bertz CT molecular complexity index is 284. The molecule has 1 heterocycles. The Morgan fingerprint density at radius 2 is 1.71 bits per heavy atom. The lowest BCUT2D eigenvalue weighted by molar-refractivity contribution is -0.0129. The number of nitrogens with zero attached hydrogens (tertiary/aromatic N) is 1. The van der Waals surface area contributed by atoms with Crippen molar-refractivity contribution in [3.05, 3.63) is 0 Å². The van der Waals surface area contributed by atoms with Crippen LogP contribution >= 0.6 is 0 Å². The van der Waals surface area contributed by atoms with E-state index < -0.39 is 0 Å². The zero-order valence-electron chi connectivity index (χ0n) is 13.3. The molecule has 1 aliphatic heterocycles. The predicted molar refractivity (Wildman–Crippen MR) is 80.1 cm³/mol. The van der Waals surface area contributed by atoms with Crippen LogP contribution < -0.4 is 0 Å². The van der Waals surface area contributed by atoms with E-state index in [1.54, 1.807) is 0 Å². The molecule has 1 fully saturated rings. The van der Waals surface area contributed by atoms with Gasteiger partial charge in [-0.15, -0.1) is 0 Å². The molecule has 1 aliphatic rings. The maximum Gasteiger partial charge on any atom is 0.0829 e. The molecule has 0 aliphatic carbocycles. The highest BCUT2D eigenvalue weighted by atomic mass is 16.5. The fraction of sp³-hybridized carbons (Fsp3) is 0.938. The van der Waals surface area contributed by atoms with Crippen LogP contribution in [0.15, 0.2) is 0 Å². The smallest absolute Gasteiger partial charge is 0.0829 e. The van der Waals surface area contributed by atoms with Gasteiger partial charge in [0.15, 0.2) is 0 Å². The third-order valence-corrected chi connectivity index (χ3v) is 3.67. The second-order valence-electron chi connectivity index (χ2n) is 5.49. The molecule has 5 nitrogen and oxygen atoms in total. The topological polar surface area (TPSA) is 60.7 Å². The molecular weight excluding hydrogens is 270 g/mol. The summed E-state index contributed by atoms with van der Waals surface area (Å²) in [4.78, 5) is 0. The summed E-state index contributed by atoms with van der Waals surface area (Å²) in [6.07, 6.45) is 4.88. The summed E-state index contributed by atoms with van der Waals surface area (Å²) in [7, 11) is 0. The van der Waals surface area contributed by atoms with E-state index in [4.69, 9.17) is 18.9 Å². The Labute approximate surface area is 128 Å². The SMILES string of the molecule is CCCCOCCOCCOCCC1(C#N)CCCOC1. The Morgan fingerprint density at radius 3 is 2.29 bits per heavy atom. The van der Waals surface area contributed by atoms with Gasteiger partial charge in [-0.05, 0) is 25.7 Å². The molecule has 1 atom stereocenters. The summed E-state index contributed by atoms with van der Waals surface area (Å²) >= 11 is 0. The second kappa shape index (κ2) is 11.9. The monoisotopic (exact) mass is 299 g/mol. The van der Waals surface area contributed by atoms with E-state index in [-0.39, 0.29) is 5.41 Å². The van der Waals surface area contributed by atoms with Gasteiger partial charge in [0.1, 0.15) is 0 Å². The number of unbranched alkanes of at least 4 members (excludes halogenated alkanes) is 1. The standard InChI is InChI=1S/C16H29NO4/c1-2-3-7-18-10-12-20-13-11-19-9-6-16(14-17)5-4-8-21-15-16/h2-13,15H2,1H3. The Morgan fingerprint density at radius 1 is 1.05 bits per heavy atom. The van der Waals surface area contributed by atoms with Gasteiger partial charge in [0.2, 0.25) is 0 Å². The van der Waals surface area contributed by atoms with Gasteiger partial charge >= 0.3 is 0 Å². The molecule has 0 aromatic carbocycles. The van der Waals surface area contributed by atoms with Crippen molar-refractivity contribution in [3.8, 4) is 6.07 Å². The Kier molecular flexibility index (Phi) is 10.4. The molecule has 0 N–H and O–H groups in total. The molecule has 0 aromatic heterocycles. The molecule has 0 saturated carbocycles. The molecule has 122 valence electrons. The van der Waals surface area contributed by atoms with Crippen molar-refractivity contribution in [2.75, 3.05) is 52.9 Å². The van der Waals surface area contributed by atoms with Crippen molar-refractivity contribution in [1.29, 1.82) is 5.26 Å². The number of nitriles is 1. The first-order chi connectivity index (χ1) is 10.3. The van der Waals surface area contributed by atoms with Crippen molar-refractivity contribution >= 4 is 0 Å². The highest BCUT2D eigenvalue weighted by molar-refractivity contribution is 5.00. The quantitative estimate of drug-likeness (QED) is 0.518. The van der Waals surface area contributed by atoms with Crippen molar-refractivity contribution < 1.29 is 18.9 Å². The maximum absolute atomic E-state index is 9.28. The van der Waals surface area contributed by atoms with Crippen molar-refractivity contribution in [2.45, 2.75) is 39.0 Å². The number of hydrogen-bond donors (Lipinski definition) is 0. The van der Waals surface area contributed by atoms with Crippen LogP contribution in [0.5, 0.6) is 0 Å². The Hall–Kier alpha value is -0.670. The number of rotatable bonds is 12. The second-order valence-corrected chi connectivity index (χ2v) is 5.49. The van der Waals surface area contributed by atoms with Gasteiger partial charge in [-0.1, -0.05) is 13.3 Å². The van der Waals surface area contributed by atoms with Crippen LogP contribution in [0.1, 0.15) is 39.0 Å². The zero-order valence-corrected chi connectivity index (χ0v) is 13.3. The van der Waals surface area contributed by atoms with Crippen LogP contribution in [0.3, 0.4) is 0 Å². The van der Waals surface area contributed by atoms with Crippen LogP contribution in [0, 0.1) is 16.7 Å². The van der Waals surface area contributed by atoms with Gasteiger partial charge in [0, 0.05) is 19.8 Å².